The number of aryl methyl sites for hydroxylation is 2. The second-order valence-corrected chi connectivity index (χ2v) is 8.47. The minimum Gasteiger partial charge on any atom is -0.283 e. The summed E-state index contributed by atoms with van der Waals surface area (Å²) in [6.45, 7) is 4.21. The molecular formula is C20H16N4OS2. The molecule has 0 saturated heterocycles. The van der Waals surface area contributed by atoms with Crippen molar-refractivity contribution in [2.45, 2.75) is 36.0 Å². The van der Waals surface area contributed by atoms with Gasteiger partial charge in [0.2, 0.25) is 0 Å². The number of thiophene rings is 1. The molecule has 0 radical (unpaired) electrons. The number of hydrogen-bond donors (Lipinski definition) is 0. The van der Waals surface area contributed by atoms with Crippen molar-refractivity contribution in [1.82, 2.24) is 19.5 Å². The number of para-hydroxylation sites is 1. The Morgan fingerprint density at radius 1 is 1.26 bits per heavy atom. The van der Waals surface area contributed by atoms with Gasteiger partial charge in [0.1, 0.15) is 16.2 Å². The quantitative estimate of drug-likeness (QED) is 0.295. The van der Waals surface area contributed by atoms with E-state index < -0.39 is 0 Å². The second kappa shape index (κ2) is 6.58. The number of aromatic nitrogens is 4. The first-order valence-electron chi connectivity index (χ1n) is 8.80. The average molecular weight is 393 g/mol. The molecule has 3 heterocycles. The minimum atomic E-state index is -0.0520. The predicted molar refractivity (Wildman–Crippen MR) is 110 cm³/mol. The van der Waals surface area contributed by atoms with Crippen LogP contribution in [0.4, 0.5) is 0 Å². The van der Waals surface area contributed by atoms with Crippen LogP contribution in [-0.2, 0) is 19.4 Å². The summed E-state index contributed by atoms with van der Waals surface area (Å²) >= 11 is 3.20. The van der Waals surface area contributed by atoms with Crippen molar-refractivity contribution in [2.75, 3.05) is 0 Å². The Kier molecular flexibility index (Phi) is 4.06. The average Bonchev–Trinajstić information content (AvgIpc) is 3.26. The van der Waals surface area contributed by atoms with Crippen LogP contribution in [0.1, 0.15) is 16.9 Å². The Labute approximate surface area is 163 Å². The molecule has 0 atom stereocenters. The van der Waals surface area contributed by atoms with Gasteiger partial charge in [-0.1, -0.05) is 18.2 Å². The van der Waals surface area contributed by atoms with Crippen LogP contribution in [0, 0.1) is 0 Å². The van der Waals surface area contributed by atoms with Crippen LogP contribution in [0.15, 0.2) is 58.2 Å². The highest BCUT2D eigenvalue weighted by Gasteiger charge is 2.22. The van der Waals surface area contributed by atoms with Gasteiger partial charge in [0.05, 0.1) is 10.9 Å². The fourth-order valence-corrected chi connectivity index (χ4v) is 5.88. The van der Waals surface area contributed by atoms with Crippen LogP contribution in [-0.4, -0.2) is 19.5 Å². The first-order chi connectivity index (χ1) is 13.3. The van der Waals surface area contributed by atoms with E-state index in [1.165, 1.54) is 28.6 Å². The molecule has 5 nitrogen and oxygen atoms in total. The minimum absolute atomic E-state index is 0.0520. The fourth-order valence-electron chi connectivity index (χ4n) is 3.58. The molecule has 0 aliphatic heterocycles. The van der Waals surface area contributed by atoms with E-state index in [1.54, 1.807) is 28.3 Å². The molecule has 0 unspecified atom stereocenters. The molecule has 0 N–H and O–H groups in total. The topological polar surface area (TPSA) is 60.7 Å². The molecule has 3 aromatic heterocycles. The summed E-state index contributed by atoms with van der Waals surface area (Å²) in [6.07, 6.45) is 6.70. The lowest BCUT2D eigenvalue weighted by Crippen LogP contribution is -2.22. The third kappa shape index (κ3) is 2.69. The number of fused-ring (bicyclic) bond motifs is 4. The number of hydrogen-bond acceptors (Lipinski definition) is 6. The molecule has 0 saturated carbocycles. The molecule has 0 spiro atoms. The Bertz CT molecular complexity index is 1260. The zero-order chi connectivity index (χ0) is 18.4. The van der Waals surface area contributed by atoms with Crippen LogP contribution in [0.5, 0.6) is 0 Å². The van der Waals surface area contributed by atoms with E-state index in [0.29, 0.717) is 22.6 Å². The van der Waals surface area contributed by atoms with Gasteiger partial charge in [-0.2, -0.15) is 0 Å². The third-order valence-electron chi connectivity index (χ3n) is 4.79. The van der Waals surface area contributed by atoms with Gasteiger partial charge in [0.25, 0.3) is 5.56 Å². The lowest BCUT2D eigenvalue weighted by molar-refractivity contribution is 0.671. The van der Waals surface area contributed by atoms with Crippen molar-refractivity contribution in [3.63, 3.8) is 0 Å². The highest BCUT2D eigenvalue weighted by atomic mass is 32.2. The third-order valence-corrected chi connectivity index (χ3v) is 6.99. The first kappa shape index (κ1) is 16.6. The van der Waals surface area contributed by atoms with Crippen molar-refractivity contribution in [3.8, 4) is 0 Å². The zero-order valence-corrected chi connectivity index (χ0v) is 16.1. The number of benzene rings is 1. The van der Waals surface area contributed by atoms with Crippen LogP contribution < -0.4 is 5.56 Å². The van der Waals surface area contributed by atoms with E-state index in [1.807, 2.05) is 24.3 Å². The molecule has 0 fully saturated rings. The number of nitrogens with zero attached hydrogens (tertiary/aromatic N) is 4. The van der Waals surface area contributed by atoms with Crippen molar-refractivity contribution in [2.24, 2.45) is 0 Å². The molecule has 1 aliphatic carbocycles. The first-order valence-corrected chi connectivity index (χ1v) is 10.4. The summed E-state index contributed by atoms with van der Waals surface area (Å²) in [5, 5.41) is 3.26. The Hall–Kier alpha value is -2.51. The highest BCUT2D eigenvalue weighted by Crippen LogP contribution is 2.41. The summed E-state index contributed by atoms with van der Waals surface area (Å²) in [6, 6.07) is 7.44. The van der Waals surface area contributed by atoms with Crippen molar-refractivity contribution >= 4 is 44.2 Å². The maximum atomic E-state index is 13.0. The van der Waals surface area contributed by atoms with E-state index in [0.717, 1.165) is 28.1 Å². The van der Waals surface area contributed by atoms with Gasteiger partial charge in [0.15, 0.2) is 5.16 Å². The lowest BCUT2D eigenvalue weighted by atomic mass is 10.2. The van der Waals surface area contributed by atoms with Gasteiger partial charge in [0, 0.05) is 16.8 Å². The summed E-state index contributed by atoms with van der Waals surface area (Å²) in [7, 11) is 0. The van der Waals surface area contributed by atoms with Gasteiger partial charge >= 0.3 is 0 Å². The summed E-state index contributed by atoms with van der Waals surface area (Å²) < 4.78 is 1.67. The van der Waals surface area contributed by atoms with Crippen LogP contribution in [0.25, 0.3) is 21.1 Å². The molecule has 0 amide bonds. The molecule has 1 aliphatic rings. The monoisotopic (exact) mass is 392 g/mol. The maximum Gasteiger partial charge on any atom is 0.262 e. The molecule has 7 heteroatoms. The van der Waals surface area contributed by atoms with Crippen molar-refractivity contribution < 1.29 is 0 Å². The van der Waals surface area contributed by atoms with Gasteiger partial charge < -0.3 is 0 Å². The smallest absolute Gasteiger partial charge is 0.262 e. The molecule has 1 aromatic carbocycles. The summed E-state index contributed by atoms with van der Waals surface area (Å²) in [4.78, 5) is 29.2. The predicted octanol–water partition coefficient (Wildman–Crippen LogP) is 4.23. The summed E-state index contributed by atoms with van der Waals surface area (Å²) in [5.41, 5.74) is 2.02. The van der Waals surface area contributed by atoms with Crippen molar-refractivity contribution in [1.29, 1.82) is 0 Å². The van der Waals surface area contributed by atoms with E-state index in [2.05, 4.69) is 16.5 Å². The lowest BCUT2D eigenvalue weighted by Gasteiger charge is -2.11. The molecular weight excluding hydrogens is 376 g/mol. The second-order valence-electron chi connectivity index (χ2n) is 6.43. The summed E-state index contributed by atoms with van der Waals surface area (Å²) in [5.74, 6) is 0. The number of rotatable bonds is 4. The Morgan fingerprint density at radius 3 is 3.04 bits per heavy atom. The highest BCUT2D eigenvalue weighted by molar-refractivity contribution is 7.99. The molecule has 5 rings (SSSR count). The van der Waals surface area contributed by atoms with Crippen LogP contribution in [0.2, 0.25) is 0 Å². The standard InChI is InChI=1S/C20H16N4OS2/c1-2-10-24-19(25)12-6-3-4-8-14(12)23-20(24)27-18-16-13-7-5-9-15(13)26-17(16)21-11-22-18/h2-4,6,8,11H,1,5,7,9-10H2. The molecule has 0 bridgehead atoms. The Balaban J connectivity index is 1.71. The van der Waals surface area contributed by atoms with Gasteiger partial charge in [-0.05, 0) is 48.7 Å². The SMILES string of the molecule is C=CCn1c(Sc2ncnc3sc4c(c23)CCC4)nc2ccccc2c1=O. The van der Waals surface area contributed by atoms with E-state index >= 15 is 0 Å². The molecule has 27 heavy (non-hydrogen) atoms. The van der Waals surface area contributed by atoms with Crippen LogP contribution >= 0.6 is 23.1 Å². The van der Waals surface area contributed by atoms with Gasteiger partial charge in [-0.3, -0.25) is 9.36 Å². The maximum absolute atomic E-state index is 13.0. The van der Waals surface area contributed by atoms with Crippen LogP contribution in [0.3, 0.4) is 0 Å². The number of allylic oxidation sites excluding steroid dienone is 1. The normalized spacial score (nSPS) is 13.3. The van der Waals surface area contributed by atoms with Gasteiger partial charge in [-0.15, -0.1) is 17.9 Å². The zero-order valence-electron chi connectivity index (χ0n) is 14.5. The van der Waals surface area contributed by atoms with Crippen molar-refractivity contribution in [3.05, 3.63) is 64.0 Å². The fraction of sp³-hybridized carbons (Fsp3) is 0.200. The van der Waals surface area contributed by atoms with E-state index in [-0.39, 0.29) is 5.56 Å². The van der Waals surface area contributed by atoms with E-state index in [9.17, 15) is 4.79 Å². The van der Waals surface area contributed by atoms with E-state index in [4.69, 9.17) is 4.98 Å². The van der Waals surface area contributed by atoms with Gasteiger partial charge in [-0.25, -0.2) is 15.0 Å². The largest absolute Gasteiger partial charge is 0.283 e. The Morgan fingerprint density at radius 2 is 2.15 bits per heavy atom. The molecule has 134 valence electrons. The molecule has 4 aromatic rings.